The second kappa shape index (κ2) is 10.5. The molecule has 5 nitrogen and oxygen atoms in total. The Bertz CT molecular complexity index is 853. The van der Waals surface area contributed by atoms with Crippen molar-refractivity contribution in [3.63, 3.8) is 0 Å². The number of nitrogens with one attached hydrogen (secondary N) is 1. The fourth-order valence-corrected chi connectivity index (χ4v) is 4.90. The van der Waals surface area contributed by atoms with Crippen molar-refractivity contribution in [2.45, 2.75) is 32.1 Å². The Labute approximate surface area is 172 Å². The van der Waals surface area contributed by atoms with Crippen molar-refractivity contribution in [2.75, 3.05) is 22.9 Å². The molecule has 152 valence electrons. The smallest absolute Gasteiger partial charge is 0.243 e. The first-order chi connectivity index (χ1) is 13.3. The van der Waals surface area contributed by atoms with Gasteiger partial charge in [0, 0.05) is 18.1 Å². The zero-order chi connectivity index (χ0) is 20.6. The minimum Gasteiger partial charge on any atom is -0.353 e. The predicted octanol–water partition coefficient (Wildman–Crippen LogP) is 3.59. The van der Waals surface area contributed by atoms with Gasteiger partial charge in [-0.2, -0.15) is 11.8 Å². The fraction of sp³-hybridized carbons (Fsp3) is 0.381. The van der Waals surface area contributed by atoms with Crippen LogP contribution in [0.25, 0.3) is 0 Å². The molecule has 0 spiro atoms. The van der Waals surface area contributed by atoms with Gasteiger partial charge in [0.05, 0.1) is 11.9 Å². The number of anilines is 1. The molecule has 0 radical (unpaired) electrons. The summed E-state index contributed by atoms with van der Waals surface area (Å²) in [7, 11) is -3.58. The van der Waals surface area contributed by atoms with Crippen molar-refractivity contribution in [1.82, 2.24) is 5.32 Å². The van der Waals surface area contributed by atoms with E-state index in [1.165, 1.54) is 15.4 Å². The van der Waals surface area contributed by atoms with Gasteiger partial charge in [-0.15, -0.1) is 0 Å². The number of carbonyl (C=O) groups is 1. The maximum Gasteiger partial charge on any atom is 0.243 e. The molecule has 1 unspecified atom stereocenters. The molecular weight excluding hydrogens is 392 g/mol. The average molecular weight is 421 g/mol. The van der Waals surface area contributed by atoms with E-state index in [4.69, 9.17) is 0 Å². The number of nitrogens with zero attached hydrogens (tertiary/aromatic N) is 1. The van der Waals surface area contributed by atoms with Gasteiger partial charge in [-0.3, -0.25) is 9.10 Å². The highest BCUT2D eigenvalue weighted by atomic mass is 32.2. The number of carbonyl (C=O) groups excluding carboxylic acids is 1. The lowest BCUT2D eigenvalue weighted by atomic mass is 10.2. The molecule has 0 aromatic heterocycles. The number of amides is 1. The molecule has 0 saturated carbocycles. The van der Waals surface area contributed by atoms with Crippen LogP contribution in [0.2, 0.25) is 0 Å². The average Bonchev–Trinajstić information content (AvgIpc) is 2.66. The molecule has 0 bridgehead atoms. The fourth-order valence-electron chi connectivity index (χ4n) is 2.87. The lowest BCUT2D eigenvalue weighted by Gasteiger charge is -2.30. The van der Waals surface area contributed by atoms with Gasteiger partial charge < -0.3 is 5.32 Å². The van der Waals surface area contributed by atoms with Crippen molar-refractivity contribution in [3.8, 4) is 0 Å². The Balaban J connectivity index is 1.91. The number of hydrogen-bond acceptors (Lipinski definition) is 4. The van der Waals surface area contributed by atoms with E-state index in [-0.39, 0.29) is 5.91 Å². The van der Waals surface area contributed by atoms with E-state index < -0.39 is 16.1 Å². The molecule has 1 amide bonds. The first kappa shape index (κ1) is 22.3. The second-order valence-electron chi connectivity index (χ2n) is 6.65. The molecule has 2 aromatic rings. The summed E-state index contributed by atoms with van der Waals surface area (Å²) in [5.41, 5.74) is 2.99. The van der Waals surface area contributed by atoms with Gasteiger partial charge in [-0.25, -0.2) is 8.42 Å². The second-order valence-corrected chi connectivity index (χ2v) is 9.61. The van der Waals surface area contributed by atoms with Crippen molar-refractivity contribution in [2.24, 2.45) is 0 Å². The third-order valence-electron chi connectivity index (χ3n) is 4.28. The van der Waals surface area contributed by atoms with Crippen LogP contribution in [0.4, 0.5) is 5.69 Å². The number of thioether (sulfide) groups is 1. The summed E-state index contributed by atoms with van der Waals surface area (Å²) >= 11 is 1.74. The largest absolute Gasteiger partial charge is 0.353 e. The molecule has 0 aliphatic heterocycles. The van der Waals surface area contributed by atoms with Crippen molar-refractivity contribution in [1.29, 1.82) is 0 Å². The molecule has 0 heterocycles. The highest BCUT2D eigenvalue weighted by molar-refractivity contribution is 7.98. The van der Waals surface area contributed by atoms with Crippen LogP contribution in [0.15, 0.2) is 54.6 Å². The highest BCUT2D eigenvalue weighted by Gasteiger charge is 2.31. The Morgan fingerprint density at radius 2 is 1.75 bits per heavy atom. The van der Waals surface area contributed by atoms with E-state index in [9.17, 15) is 13.2 Å². The summed E-state index contributed by atoms with van der Waals surface area (Å²) in [6.07, 6.45) is 1.53. The Morgan fingerprint density at radius 1 is 1.11 bits per heavy atom. The van der Waals surface area contributed by atoms with Gasteiger partial charge in [-0.1, -0.05) is 55.0 Å². The van der Waals surface area contributed by atoms with Gasteiger partial charge in [0.25, 0.3) is 0 Å². The van der Waals surface area contributed by atoms with Crippen LogP contribution in [0.3, 0.4) is 0 Å². The maximum atomic E-state index is 12.7. The molecule has 0 saturated heterocycles. The normalized spacial score (nSPS) is 12.4. The summed E-state index contributed by atoms with van der Waals surface area (Å²) in [5, 5.41) is 2.89. The number of benzene rings is 2. The Hall–Kier alpha value is -1.99. The minimum absolute atomic E-state index is 0.271. The first-order valence-electron chi connectivity index (χ1n) is 9.28. The van der Waals surface area contributed by atoms with Gasteiger partial charge in [-0.05, 0) is 31.0 Å². The van der Waals surface area contributed by atoms with Crippen LogP contribution >= 0.6 is 11.8 Å². The van der Waals surface area contributed by atoms with Crippen LogP contribution in [-0.2, 0) is 20.6 Å². The standard InChI is InChI=1S/C21H28N2O3S2/c1-4-20(23(28(3,25)26)19-8-6-5-7-9-19)21(24)22-14-15-27-16-18-12-10-17(2)11-13-18/h5-13,20H,4,14-16H2,1-3H3,(H,22,24). The summed E-state index contributed by atoms with van der Waals surface area (Å²) in [5.74, 6) is 1.38. The number of aryl methyl sites for hydroxylation is 1. The van der Waals surface area contributed by atoms with E-state index >= 15 is 0 Å². The SMILES string of the molecule is CCC(C(=O)NCCSCc1ccc(C)cc1)N(c1ccccc1)S(C)(=O)=O. The Kier molecular flexibility index (Phi) is 8.38. The first-order valence-corrected chi connectivity index (χ1v) is 12.3. The maximum absolute atomic E-state index is 12.7. The molecule has 0 fully saturated rings. The quantitative estimate of drug-likeness (QED) is 0.597. The van der Waals surface area contributed by atoms with Crippen LogP contribution in [0, 0.1) is 6.92 Å². The molecule has 1 atom stereocenters. The number of hydrogen-bond donors (Lipinski definition) is 1. The topological polar surface area (TPSA) is 66.5 Å². The summed E-state index contributed by atoms with van der Waals surface area (Å²) < 4.78 is 25.9. The van der Waals surface area contributed by atoms with Crippen LogP contribution < -0.4 is 9.62 Å². The summed E-state index contributed by atoms with van der Waals surface area (Å²) in [6, 6.07) is 16.4. The van der Waals surface area contributed by atoms with Crippen molar-refractivity contribution < 1.29 is 13.2 Å². The number of rotatable bonds is 10. The molecule has 1 N–H and O–H groups in total. The van der Waals surface area contributed by atoms with E-state index in [0.29, 0.717) is 18.7 Å². The lowest BCUT2D eigenvalue weighted by molar-refractivity contribution is -0.122. The van der Waals surface area contributed by atoms with E-state index in [1.54, 1.807) is 36.0 Å². The summed E-state index contributed by atoms with van der Waals surface area (Å²) in [4.78, 5) is 12.7. The molecule has 2 aromatic carbocycles. The van der Waals surface area contributed by atoms with Gasteiger partial charge in [0.1, 0.15) is 6.04 Å². The molecule has 0 aliphatic carbocycles. The monoisotopic (exact) mass is 420 g/mol. The van der Waals surface area contributed by atoms with Crippen LogP contribution in [-0.4, -0.2) is 38.9 Å². The number of sulfonamides is 1. The zero-order valence-electron chi connectivity index (χ0n) is 16.6. The van der Waals surface area contributed by atoms with Crippen molar-refractivity contribution >= 4 is 33.4 Å². The van der Waals surface area contributed by atoms with Gasteiger partial charge >= 0.3 is 0 Å². The van der Waals surface area contributed by atoms with Crippen molar-refractivity contribution in [3.05, 3.63) is 65.7 Å². The number of para-hydroxylation sites is 1. The van der Waals surface area contributed by atoms with E-state index in [1.807, 2.05) is 13.0 Å². The predicted molar refractivity (Wildman–Crippen MR) is 118 cm³/mol. The minimum atomic E-state index is -3.58. The van der Waals surface area contributed by atoms with Crippen LogP contribution in [0.5, 0.6) is 0 Å². The van der Waals surface area contributed by atoms with Crippen LogP contribution in [0.1, 0.15) is 24.5 Å². The van der Waals surface area contributed by atoms with E-state index in [2.05, 4.69) is 36.5 Å². The molecular formula is C21H28N2O3S2. The molecule has 7 heteroatoms. The molecule has 28 heavy (non-hydrogen) atoms. The zero-order valence-corrected chi connectivity index (χ0v) is 18.2. The van der Waals surface area contributed by atoms with E-state index in [0.717, 1.165) is 17.8 Å². The van der Waals surface area contributed by atoms with Gasteiger partial charge in [0.2, 0.25) is 15.9 Å². The third kappa shape index (κ3) is 6.56. The summed E-state index contributed by atoms with van der Waals surface area (Å²) in [6.45, 7) is 4.38. The Morgan fingerprint density at radius 3 is 2.32 bits per heavy atom. The highest BCUT2D eigenvalue weighted by Crippen LogP contribution is 2.22. The third-order valence-corrected chi connectivity index (χ3v) is 6.49. The molecule has 0 aliphatic rings. The lowest BCUT2D eigenvalue weighted by Crippen LogP contribution is -2.49. The van der Waals surface area contributed by atoms with Gasteiger partial charge in [0.15, 0.2) is 0 Å². The molecule has 2 rings (SSSR count).